The minimum atomic E-state index is -1.12. The molecule has 0 spiro atoms. The van der Waals surface area contributed by atoms with Crippen LogP contribution in [0.5, 0.6) is 0 Å². The Labute approximate surface area is 225 Å². The van der Waals surface area contributed by atoms with Crippen molar-refractivity contribution in [1.29, 1.82) is 0 Å². The summed E-state index contributed by atoms with van der Waals surface area (Å²) in [6.45, 7) is 10.3. The van der Waals surface area contributed by atoms with E-state index in [0.717, 1.165) is 45.0 Å². The highest BCUT2D eigenvalue weighted by atomic mass is 32.1. The van der Waals surface area contributed by atoms with E-state index in [1.165, 1.54) is 0 Å². The van der Waals surface area contributed by atoms with Gasteiger partial charge in [0.2, 0.25) is 5.95 Å². The van der Waals surface area contributed by atoms with Crippen molar-refractivity contribution in [1.82, 2.24) is 30.6 Å². The minimum absolute atomic E-state index is 0.267. The number of nitrogens with zero attached hydrogens (tertiary/aromatic N) is 4. The monoisotopic (exact) mass is 540 g/mol. The number of aliphatic hydroxyl groups is 2. The number of nitrogens with one attached hydrogen (secondary N) is 4. The van der Waals surface area contributed by atoms with E-state index in [2.05, 4.69) is 26.3 Å². The zero-order chi connectivity index (χ0) is 27.2. The molecule has 204 valence electrons. The molecule has 6 N–H and O–H groups in total. The summed E-state index contributed by atoms with van der Waals surface area (Å²) in [6.07, 6.45) is 2.20. The number of anilines is 2. The van der Waals surface area contributed by atoms with Gasteiger partial charge >= 0.3 is 6.03 Å². The molecule has 38 heavy (non-hydrogen) atoms. The number of fused-ring (bicyclic) bond motifs is 1. The van der Waals surface area contributed by atoms with Gasteiger partial charge in [0, 0.05) is 24.2 Å². The Kier molecular flexibility index (Phi) is 7.14. The number of amides is 2. The highest BCUT2D eigenvalue weighted by Crippen LogP contribution is 2.44. The largest absolute Gasteiger partial charge is 0.388 e. The molecule has 2 saturated carbocycles. The number of carbonyl (C=O) groups excluding carboxylic acids is 1. The molecule has 3 aromatic rings. The van der Waals surface area contributed by atoms with Crippen LogP contribution in [0.3, 0.4) is 0 Å². The average Bonchev–Trinajstić information content (AvgIpc) is 3.53. The van der Waals surface area contributed by atoms with Gasteiger partial charge in [0.25, 0.3) is 0 Å². The van der Waals surface area contributed by atoms with Crippen molar-refractivity contribution in [2.75, 3.05) is 17.2 Å². The molecule has 0 bridgehead atoms. The van der Waals surface area contributed by atoms with E-state index in [0.29, 0.717) is 30.6 Å². The number of aryl methyl sites for hydroxylation is 1. The average molecular weight is 541 g/mol. The zero-order valence-corrected chi connectivity index (χ0v) is 23.2. The highest BCUT2D eigenvalue weighted by molar-refractivity contribution is 7.21. The van der Waals surface area contributed by atoms with Crippen LogP contribution < -0.4 is 21.3 Å². The molecule has 2 amide bonds. The zero-order valence-electron chi connectivity index (χ0n) is 22.4. The van der Waals surface area contributed by atoms with Crippen LogP contribution in [0.2, 0.25) is 0 Å². The molecule has 4 atom stereocenters. The predicted molar refractivity (Wildman–Crippen MR) is 149 cm³/mol. The lowest BCUT2D eigenvalue weighted by Gasteiger charge is -2.24. The van der Waals surface area contributed by atoms with Crippen LogP contribution in [0.1, 0.15) is 64.3 Å². The first-order chi connectivity index (χ1) is 18.0. The van der Waals surface area contributed by atoms with Crippen molar-refractivity contribution in [2.45, 2.75) is 89.6 Å². The second-order valence-electron chi connectivity index (χ2n) is 11.1. The summed E-state index contributed by atoms with van der Waals surface area (Å²) in [7, 11) is 0. The van der Waals surface area contributed by atoms with Gasteiger partial charge in [0.1, 0.15) is 28.6 Å². The molecule has 2 fully saturated rings. The Morgan fingerprint density at radius 2 is 1.87 bits per heavy atom. The van der Waals surface area contributed by atoms with Gasteiger partial charge in [-0.25, -0.2) is 14.8 Å². The van der Waals surface area contributed by atoms with Crippen LogP contribution in [-0.4, -0.2) is 72.6 Å². The molecule has 0 radical (unpaired) electrons. The molecule has 3 aromatic heterocycles. The second-order valence-corrected chi connectivity index (χ2v) is 12.2. The predicted octanol–water partition coefficient (Wildman–Crippen LogP) is 3.14. The van der Waals surface area contributed by atoms with Gasteiger partial charge in [0.15, 0.2) is 0 Å². The number of pyridine rings is 1. The van der Waals surface area contributed by atoms with Crippen LogP contribution in [-0.2, 0) is 0 Å². The molecule has 0 unspecified atom stereocenters. The first kappa shape index (κ1) is 26.5. The third kappa shape index (κ3) is 5.52. The maximum absolute atomic E-state index is 12.1. The number of hydrogen-bond acceptors (Lipinski definition) is 10. The normalized spacial score (nSPS) is 23.4. The van der Waals surface area contributed by atoms with Gasteiger partial charge in [0.05, 0.1) is 33.7 Å². The lowest BCUT2D eigenvalue weighted by atomic mass is 10.1. The third-order valence-corrected chi connectivity index (χ3v) is 7.79. The van der Waals surface area contributed by atoms with Gasteiger partial charge in [-0.15, -0.1) is 11.3 Å². The van der Waals surface area contributed by atoms with Crippen molar-refractivity contribution in [2.24, 2.45) is 0 Å². The Hall–Kier alpha value is -3.09. The topological polar surface area (TPSA) is 157 Å². The first-order valence-corrected chi connectivity index (χ1v) is 14.0. The van der Waals surface area contributed by atoms with E-state index in [4.69, 9.17) is 15.0 Å². The van der Waals surface area contributed by atoms with E-state index in [9.17, 15) is 15.0 Å². The summed E-state index contributed by atoms with van der Waals surface area (Å²) in [4.78, 5) is 31.2. The Morgan fingerprint density at radius 3 is 2.55 bits per heavy atom. The van der Waals surface area contributed by atoms with Gasteiger partial charge in [-0.3, -0.25) is 4.98 Å². The third-order valence-electron chi connectivity index (χ3n) is 6.75. The standard InChI is InChI=1S/C26H36N8O3S/c1-6-27-25(37)31-15-11-14(20(35)21(15)36)30-22-17(12(2)29-24(33-22)34-26(3,4)5)23-32-19-16(38-23)9-10-28-18(19)13-7-8-13/h9-10,13-15,20-21,35-36H,6-8,11H2,1-5H3,(H2,27,31,37)(H2,29,30,33,34)/t14-,15+,20+,21-/m1/s1. The van der Waals surface area contributed by atoms with Gasteiger partial charge in [-0.05, 0) is 59.9 Å². The fraction of sp³-hybridized carbons (Fsp3) is 0.577. The molecule has 3 heterocycles. The van der Waals surface area contributed by atoms with Crippen molar-refractivity contribution in [3.63, 3.8) is 0 Å². The molecule has 12 heteroatoms. The molecular formula is C26H36N8O3S. The summed E-state index contributed by atoms with van der Waals surface area (Å²) >= 11 is 1.56. The van der Waals surface area contributed by atoms with Crippen LogP contribution in [0.15, 0.2) is 12.3 Å². The van der Waals surface area contributed by atoms with Crippen molar-refractivity contribution in [3.8, 4) is 10.6 Å². The number of carbonyl (C=O) groups is 1. The van der Waals surface area contributed by atoms with E-state index in [1.807, 2.05) is 46.9 Å². The minimum Gasteiger partial charge on any atom is -0.388 e. The number of aliphatic hydroxyl groups excluding tert-OH is 2. The fourth-order valence-electron chi connectivity index (χ4n) is 4.83. The number of urea groups is 1. The summed E-state index contributed by atoms with van der Waals surface area (Å²) in [5, 5.41) is 34.4. The maximum Gasteiger partial charge on any atom is 0.315 e. The molecule has 2 aliphatic carbocycles. The summed E-state index contributed by atoms with van der Waals surface area (Å²) in [5.74, 6) is 1.43. The van der Waals surface area contributed by atoms with Crippen LogP contribution >= 0.6 is 11.3 Å². The van der Waals surface area contributed by atoms with E-state index < -0.39 is 24.3 Å². The smallest absolute Gasteiger partial charge is 0.315 e. The molecule has 11 nitrogen and oxygen atoms in total. The molecular weight excluding hydrogens is 504 g/mol. The van der Waals surface area contributed by atoms with Crippen LogP contribution in [0.4, 0.5) is 16.6 Å². The quantitative estimate of drug-likeness (QED) is 0.265. The summed E-state index contributed by atoms with van der Waals surface area (Å²) in [5.41, 5.74) is 3.17. The Morgan fingerprint density at radius 1 is 1.13 bits per heavy atom. The number of rotatable bonds is 7. The van der Waals surface area contributed by atoms with Crippen molar-refractivity contribution in [3.05, 3.63) is 23.7 Å². The second kappa shape index (κ2) is 10.2. The number of hydrogen-bond donors (Lipinski definition) is 6. The lowest BCUT2D eigenvalue weighted by Crippen LogP contribution is -2.47. The van der Waals surface area contributed by atoms with Gasteiger partial charge in [-0.2, -0.15) is 4.98 Å². The maximum atomic E-state index is 12.1. The first-order valence-electron chi connectivity index (χ1n) is 13.1. The molecule has 0 aromatic carbocycles. The van der Waals surface area contributed by atoms with Crippen molar-refractivity contribution < 1.29 is 15.0 Å². The van der Waals surface area contributed by atoms with E-state index in [1.54, 1.807) is 11.3 Å². The molecule has 2 aliphatic rings. The van der Waals surface area contributed by atoms with Gasteiger partial charge < -0.3 is 31.5 Å². The van der Waals surface area contributed by atoms with E-state index >= 15 is 0 Å². The highest BCUT2D eigenvalue weighted by Gasteiger charge is 2.43. The number of aromatic nitrogens is 4. The van der Waals surface area contributed by atoms with Crippen molar-refractivity contribution >= 4 is 39.4 Å². The van der Waals surface area contributed by atoms with Crippen LogP contribution in [0, 0.1) is 6.92 Å². The molecule has 0 aliphatic heterocycles. The lowest BCUT2D eigenvalue weighted by molar-refractivity contribution is 0.0282. The molecule has 0 saturated heterocycles. The Balaban J connectivity index is 1.51. The summed E-state index contributed by atoms with van der Waals surface area (Å²) in [6, 6.07) is 0.442. The summed E-state index contributed by atoms with van der Waals surface area (Å²) < 4.78 is 1.06. The van der Waals surface area contributed by atoms with Gasteiger partial charge in [-0.1, -0.05) is 0 Å². The molecule has 5 rings (SSSR count). The van der Waals surface area contributed by atoms with Crippen LogP contribution in [0.25, 0.3) is 20.8 Å². The SMILES string of the molecule is CCNC(=O)N[C@H]1C[C@@H](Nc2nc(NC(C)(C)C)nc(C)c2-c2nc3c(C4CC4)nccc3s2)[C@H](O)[C@@H]1O. The fourth-order valence-corrected chi connectivity index (χ4v) is 5.90. The number of thiazole rings is 1. The van der Waals surface area contributed by atoms with E-state index in [-0.39, 0.29) is 11.6 Å². The Bertz CT molecular complexity index is 1340.